The van der Waals surface area contributed by atoms with Gasteiger partial charge in [0.15, 0.2) is 0 Å². The lowest BCUT2D eigenvalue weighted by atomic mass is 9.85. The predicted octanol–water partition coefficient (Wildman–Crippen LogP) is 3.03. The molecule has 0 saturated heterocycles. The Hall–Kier alpha value is -1.78. The van der Waals surface area contributed by atoms with Gasteiger partial charge in [0.05, 0.1) is 0 Å². The molecular formula is C16H21NO2S. The number of benzene rings is 1. The fourth-order valence-corrected chi connectivity index (χ4v) is 1.84. The van der Waals surface area contributed by atoms with E-state index in [2.05, 4.69) is 25.8 Å². The lowest BCUT2D eigenvalue weighted by molar-refractivity contribution is -0.138. The van der Waals surface area contributed by atoms with Crippen molar-refractivity contribution in [3.8, 4) is 0 Å². The van der Waals surface area contributed by atoms with Crippen LogP contribution in [0.3, 0.4) is 0 Å². The molecule has 108 valence electrons. The molecule has 0 bridgehead atoms. The molecular weight excluding hydrogens is 270 g/mol. The summed E-state index contributed by atoms with van der Waals surface area (Å²) in [5.74, 6) is -1.47. The lowest BCUT2D eigenvalue weighted by Gasteiger charge is -2.22. The maximum absolute atomic E-state index is 11.1. The Balaban J connectivity index is 0.00000172. The first-order chi connectivity index (χ1) is 9.61. The standard InChI is InChI=1S/C15H17NO2.CH4S/c1-3-8-11(4-2)13(14(16)15(17)18)12-9-6-5-7-10-12;1-2/h3-10,13-14H,1-2,16H2,(H,17,18);2H,1H3/b11-8+;. The smallest absolute Gasteiger partial charge is 0.321 e. The first-order valence-electron chi connectivity index (χ1n) is 6.05. The van der Waals surface area contributed by atoms with E-state index in [9.17, 15) is 4.79 Å². The number of carbonyl (C=O) groups is 1. The number of hydrogen-bond donors (Lipinski definition) is 3. The molecule has 3 N–H and O–H groups in total. The maximum atomic E-state index is 11.1. The second kappa shape index (κ2) is 10.1. The van der Waals surface area contributed by atoms with Crippen molar-refractivity contribution >= 4 is 18.6 Å². The van der Waals surface area contributed by atoms with Crippen LogP contribution in [0, 0.1) is 0 Å². The SMILES string of the molecule is C=C/C=C(\C=C)C(c1ccccc1)C(N)C(=O)O.CS. The molecule has 1 rings (SSSR count). The minimum atomic E-state index is -1.04. The first-order valence-corrected chi connectivity index (χ1v) is 6.94. The average molecular weight is 291 g/mol. The average Bonchev–Trinajstić information content (AvgIpc) is 2.49. The van der Waals surface area contributed by atoms with Gasteiger partial charge in [-0.15, -0.1) is 0 Å². The molecule has 0 heterocycles. The van der Waals surface area contributed by atoms with E-state index in [1.54, 1.807) is 24.5 Å². The van der Waals surface area contributed by atoms with Gasteiger partial charge in [0.25, 0.3) is 0 Å². The summed E-state index contributed by atoms with van der Waals surface area (Å²) >= 11 is 3.53. The Morgan fingerprint density at radius 2 is 1.85 bits per heavy atom. The number of carboxylic acids is 1. The molecule has 3 nitrogen and oxygen atoms in total. The van der Waals surface area contributed by atoms with Gasteiger partial charge in [0.2, 0.25) is 0 Å². The molecule has 1 aromatic rings. The molecule has 0 aliphatic heterocycles. The van der Waals surface area contributed by atoms with Crippen LogP contribution in [-0.4, -0.2) is 23.4 Å². The highest BCUT2D eigenvalue weighted by molar-refractivity contribution is 7.79. The van der Waals surface area contributed by atoms with Crippen LogP contribution in [0.25, 0.3) is 0 Å². The highest BCUT2D eigenvalue weighted by atomic mass is 32.1. The zero-order valence-electron chi connectivity index (χ0n) is 11.6. The van der Waals surface area contributed by atoms with Gasteiger partial charge in [-0.25, -0.2) is 0 Å². The van der Waals surface area contributed by atoms with Crippen LogP contribution in [0.4, 0.5) is 0 Å². The Bertz CT molecular complexity index is 469. The summed E-state index contributed by atoms with van der Waals surface area (Å²) in [4.78, 5) is 11.1. The molecule has 4 heteroatoms. The van der Waals surface area contributed by atoms with Crippen LogP contribution in [0.15, 0.2) is 67.3 Å². The van der Waals surface area contributed by atoms with E-state index in [0.717, 1.165) is 11.1 Å². The third-order valence-electron chi connectivity index (χ3n) is 2.71. The summed E-state index contributed by atoms with van der Waals surface area (Å²) in [5, 5.41) is 9.11. The Labute approximate surface area is 125 Å². The second-order valence-corrected chi connectivity index (χ2v) is 3.86. The van der Waals surface area contributed by atoms with Crippen molar-refractivity contribution in [1.82, 2.24) is 0 Å². The summed E-state index contributed by atoms with van der Waals surface area (Å²) in [5.41, 5.74) is 7.37. The van der Waals surface area contributed by atoms with Crippen LogP contribution >= 0.6 is 12.6 Å². The summed E-state index contributed by atoms with van der Waals surface area (Å²) in [6, 6.07) is 8.27. The minimum Gasteiger partial charge on any atom is -0.480 e. The third-order valence-corrected chi connectivity index (χ3v) is 2.71. The highest BCUT2D eigenvalue weighted by Crippen LogP contribution is 2.28. The molecule has 2 unspecified atom stereocenters. The minimum absolute atomic E-state index is 0.431. The molecule has 0 fully saturated rings. The van der Waals surface area contributed by atoms with Crippen LogP contribution < -0.4 is 5.73 Å². The molecule has 1 aromatic carbocycles. The molecule has 0 aliphatic rings. The lowest BCUT2D eigenvalue weighted by Crippen LogP contribution is -2.37. The van der Waals surface area contributed by atoms with Crippen LogP contribution in [0.2, 0.25) is 0 Å². The van der Waals surface area contributed by atoms with Crippen molar-refractivity contribution in [2.45, 2.75) is 12.0 Å². The number of allylic oxidation sites excluding steroid dienone is 3. The normalized spacial score (nSPS) is 13.4. The quantitative estimate of drug-likeness (QED) is 0.557. The predicted molar refractivity (Wildman–Crippen MR) is 88.2 cm³/mol. The molecule has 0 radical (unpaired) electrons. The second-order valence-electron chi connectivity index (χ2n) is 3.86. The van der Waals surface area contributed by atoms with Gasteiger partial charge in [0, 0.05) is 5.92 Å². The zero-order chi connectivity index (χ0) is 15.5. The molecule has 0 aliphatic carbocycles. The van der Waals surface area contributed by atoms with Crippen LogP contribution in [-0.2, 0) is 4.79 Å². The van der Waals surface area contributed by atoms with Gasteiger partial charge >= 0.3 is 5.97 Å². The molecule has 20 heavy (non-hydrogen) atoms. The van der Waals surface area contributed by atoms with E-state index >= 15 is 0 Å². The number of hydrogen-bond acceptors (Lipinski definition) is 3. The number of nitrogens with two attached hydrogens (primary N) is 1. The van der Waals surface area contributed by atoms with Gasteiger partial charge in [-0.05, 0) is 17.4 Å². The molecule has 0 amide bonds. The first kappa shape index (κ1) is 18.2. The summed E-state index contributed by atoms with van der Waals surface area (Å²) in [6.07, 6.45) is 6.64. The van der Waals surface area contributed by atoms with Crippen molar-refractivity contribution in [3.05, 3.63) is 72.9 Å². The Morgan fingerprint density at radius 3 is 2.25 bits per heavy atom. The Morgan fingerprint density at radius 1 is 1.30 bits per heavy atom. The number of aliphatic carboxylic acids is 1. The molecule has 0 saturated carbocycles. The fourth-order valence-electron chi connectivity index (χ4n) is 1.84. The van der Waals surface area contributed by atoms with Crippen molar-refractivity contribution in [1.29, 1.82) is 0 Å². The van der Waals surface area contributed by atoms with Crippen LogP contribution in [0.1, 0.15) is 11.5 Å². The van der Waals surface area contributed by atoms with E-state index < -0.39 is 17.9 Å². The van der Waals surface area contributed by atoms with Crippen molar-refractivity contribution in [2.75, 3.05) is 6.26 Å². The zero-order valence-corrected chi connectivity index (χ0v) is 12.5. The van der Waals surface area contributed by atoms with Crippen molar-refractivity contribution in [2.24, 2.45) is 5.73 Å². The monoisotopic (exact) mass is 291 g/mol. The number of rotatable bonds is 6. The number of carboxylic acid groups (broad SMARTS) is 1. The molecule has 0 aromatic heterocycles. The van der Waals surface area contributed by atoms with Crippen LogP contribution in [0.5, 0.6) is 0 Å². The molecule has 0 spiro atoms. The summed E-state index contributed by atoms with van der Waals surface area (Å²) in [7, 11) is 0. The van der Waals surface area contributed by atoms with Crippen molar-refractivity contribution < 1.29 is 9.90 Å². The van der Waals surface area contributed by atoms with E-state index in [0.29, 0.717) is 0 Å². The van der Waals surface area contributed by atoms with Gasteiger partial charge < -0.3 is 10.8 Å². The van der Waals surface area contributed by atoms with Crippen molar-refractivity contribution in [3.63, 3.8) is 0 Å². The van der Waals surface area contributed by atoms with Gasteiger partial charge in [-0.1, -0.05) is 61.7 Å². The van der Waals surface area contributed by atoms with E-state index in [1.807, 2.05) is 30.3 Å². The third kappa shape index (κ3) is 5.07. The fraction of sp³-hybridized carbons (Fsp3) is 0.188. The number of thiol groups is 1. The summed E-state index contributed by atoms with van der Waals surface area (Å²) < 4.78 is 0. The highest BCUT2D eigenvalue weighted by Gasteiger charge is 2.27. The molecule has 2 atom stereocenters. The largest absolute Gasteiger partial charge is 0.480 e. The maximum Gasteiger partial charge on any atom is 0.321 e. The van der Waals surface area contributed by atoms with Gasteiger partial charge in [-0.3, -0.25) is 4.79 Å². The van der Waals surface area contributed by atoms with E-state index in [1.165, 1.54) is 0 Å². The topological polar surface area (TPSA) is 63.3 Å². The van der Waals surface area contributed by atoms with E-state index in [-0.39, 0.29) is 0 Å². The van der Waals surface area contributed by atoms with Gasteiger partial charge in [0.1, 0.15) is 6.04 Å². The van der Waals surface area contributed by atoms with Gasteiger partial charge in [-0.2, -0.15) is 12.6 Å². The van der Waals surface area contributed by atoms with E-state index in [4.69, 9.17) is 10.8 Å². The summed E-state index contributed by atoms with van der Waals surface area (Å²) in [6.45, 7) is 7.32. The Kier molecular flexibility index (Phi) is 9.17.